The molecule has 1 aromatic rings. The fourth-order valence-corrected chi connectivity index (χ4v) is 1.87. The van der Waals surface area contributed by atoms with E-state index in [1.54, 1.807) is 24.3 Å². The summed E-state index contributed by atoms with van der Waals surface area (Å²) < 4.78 is 10.7. The second-order valence-electron chi connectivity index (χ2n) is 4.09. The van der Waals surface area contributed by atoms with Crippen molar-refractivity contribution in [2.45, 2.75) is 25.0 Å². The van der Waals surface area contributed by atoms with Gasteiger partial charge in [0.25, 0.3) is 0 Å². The number of carbonyl (C=O) groups is 1. The second-order valence-corrected chi connectivity index (χ2v) is 4.09. The number of hydrogen-bond acceptors (Lipinski definition) is 4. The second kappa shape index (κ2) is 5.80. The molecule has 1 fully saturated rings. The zero-order chi connectivity index (χ0) is 12.1. The summed E-state index contributed by atoms with van der Waals surface area (Å²) in [7, 11) is 0. The van der Waals surface area contributed by atoms with E-state index in [4.69, 9.17) is 14.6 Å². The van der Waals surface area contributed by atoms with Crippen molar-refractivity contribution in [1.29, 1.82) is 0 Å². The summed E-state index contributed by atoms with van der Waals surface area (Å²) in [5.74, 6) is -0.311. The molecule has 0 saturated carbocycles. The molecule has 1 aliphatic heterocycles. The van der Waals surface area contributed by atoms with E-state index in [2.05, 4.69) is 0 Å². The number of benzene rings is 1. The number of ether oxygens (including phenoxy) is 2. The molecule has 17 heavy (non-hydrogen) atoms. The van der Waals surface area contributed by atoms with Crippen LogP contribution in [0, 0.1) is 0 Å². The van der Waals surface area contributed by atoms with Crippen LogP contribution in [0.3, 0.4) is 0 Å². The van der Waals surface area contributed by atoms with Crippen LogP contribution in [0.4, 0.5) is 0 Å². The van der Waals surface area contributed by atoms with Crippen LogP contribution in [0.2, 0.25) is 0 Å². The van der Waals surface area contributed by atoms with E-state index < -0.39 is 0 Å². The molecule has 2 rings (SSSR count). The van der Waals surface area contributed by atoms with Crippen LogP contribution in [-0.4, -0.2) is 36.5 Å². The summed E-state index contributed by atoms with van der Waals surface area (Å²) >= 11 is 0. The molecule has 4 nitrogen and oxygen atoms in total. The maximum absolute atomic E-state index is 11.8. The summed E-state index contributed by atoms with van der Waals surface area (Å²) in [4.78, 5) is 11.8. The lowest BCUT2D eigenvalue weighted by Gasteiger charge is -2.28. The summed E-state index contributed by atoms with van der Waals surface area (Å²) in [6, 6.07) is 8.91. The molecule has 0 spiro atoms. The van der Waals surface area contributed by atoms with Gasteiger partial charge in [-0.25, -0.2) is 4.79 Å². The molecule has 92 valence electrons. The van der Waals surface area contributed by atoms with E-state index in [-0.39, 0.29) is 24.8 Å². The van der Waals surface area contributed by atoms with E-state index >= 15 is 0 Å². The van der Waals surface area contributed by atoms with Crippen LogP contribution in [0.1, 0.15) is 23.2 Å². The largest absolute Gasteiger partial charge is 0.459 e. The van der Waals surface area contributed by atoms with Gasteiger partial charge in [-0.3, -0.25) is 0 Å². The molecule has 0 amide bonds. The Balaban J connectivity index is 1.90. The van der Waals surface area contributed by atoms with Crippen LogP contribution in [-0.2, 0) is 9.47 Å². The number of aliphatic hydroxyl groups is 1. The lowest BCUT2D eigenvalue weighted by atomic mass is 10.1. The first-order chi connectivity index (χ1) is 8.29. The van der Waals surface area contributed by atoms with Gasteiger partial charge in [-0.1, -0.05) is 18.2 Å². The van der Waals surface area contributed by atoms with Crippen molar-refractivity contribution >= 4 is 5.97 Å². The molecule has 1 aromatic carbocycles. The van der Waals surface area contributed by atoms with Gasteiger partial charge >= 0.3 is 5.97 Å². The molecule has 4 heteroatoms. The van der Waals surface area contributed by atoms with Crippen molar-refractivity contribution in [2.24, 2.45) is 0 Å². The van der Waals surface area contributed by atoms with Gasteiger partial charge in [-0.2, -0.15) is 0 Å². The summed E-state index contributed by atoms with van der Waals surface area (Å²) in [5.41, 5.74) is 0.555. The Kier molecular flexibility index (Phi) is 4.12. The monoisotopic (exact) mass is 236 g/mol. The zero-order valence-electron chi connectivity index (χ0n) is 9.54. The molecule has 0 radical (unpaired) electrons. The number of rotatable bonds is 3. The summed E-state index contributed by atoms with van der Waals surface area (Å²) in [6.07, 6.45) is 0.885. The van der Waals surface area contributed by atoms with Crippen molar-refractivity contribution in [2.75, 3.05) is 13.2 Å². The third-order valence-electron chi connectivity index (χ3n) is 2.81. The van der Waals surface area contributed by atoms with Gasteiger partial charge in [-0.15, -0.1) is 0 Å². The first-order valence-corrected chi connectivity index (χ1v) is 5.78. The van der Waals surface area contributed by atoms with Gasteiger partial charge < -0.3 is 14.6 Å². The molecule has 2 atom stereocenters. The average Bonchev–Trinajstić information content (AvgIpc) is 2.40. The van der Waals surface area contributed by atoms with Crippen molar-refractivity contribution in [3.05, 3.63) is 35.9 Å². The molecule has 1 saturated heterocycles. The van der Waals surface area contributed by atoms with Gasteiger partial charge in [-0.05, 0) is 12.1 Å². The quantitative estimate of drug-likeness (QED) is 0.806. The lowest BCUT2D eigenvalue weighted by molar-refractivity contribution is -0.0719. The molecule has 1 heterocycles. The van der Waals surface area contributed by atoms with Crippen LogP contribution in [0.15, 0.2) is 30.3 Å². The number of carbonyl (C=O) groups excluding carboxylic acids is 1. The number of aliphatic hydroxyl groups excluding tert-OH is 1. The van der Waals surface area contributed by atoms with Gasteiger partial charge in [0.2, 0.25) is 0 Å². The molecule has 0 aromatic heterocycles. The van der Waals surface area contributed by atoms with Gasteiger partial charge in [0.05, 0.1) is 24.9 Å². The summed E-state index contributed by atoms with van der Waals surface area (Å²) in [5, 5.41) is 8.99. The Bertz CT molecular complexity index is 363. The first kappa shape index (κ1) is 12.1. The highest BCUT2D eigenvalue weighted by atomic mass is 16.6. The molecule has 1 aliphatic rings. The van der Waals surface area contributed by atoms with Crippen molar-refractivity contribution in [3.8, 4) is 0 Å². The van der Waals surface area contributed by atoms with Crippen LogP contribution < -0.4 is 0 Å². The maximum atomic E-state index is 11.8. The molecule has 0 aliphatic carbocycles. The van der Waals surface area contributed by atoms with Crippen molar-refractivity contribution in [3.63, 3.8) is 0 Å². The third-order valence-corrected chi connectivity index (χ3v) is 2.81. The first-order valence-electron chi connectivity index (χ1n) is 5.78. The highest BCUT2D eigenvalue weighted by molar-refractivity contribution is 5.89. The standard InChI is InChI=1S/C13H16O4/c14-9-12-8-11(6-7-16-12)17-13(15)10-4-2-1-3-5-10/h1-5,11-12,14H,6-9H2/t11-,12+/m0/s1. The predicted molar refractivity (Wildman–Crippen MR) is 61.7 cm³/mol. The van der Waals surface area contributed by atoms with E-state index in [0.717, 1.165) is 0 Å². The van der Waals surface area contributed by atoms with Gasteiger partial charge in [0.15, 0.2) is 0 Å². The molecular weight excluding hydrogens is 220 g/mol. The molecule has 0 unspecified atom stereocenters. The Morgan fingerprint density at radius 3 is 2.88 bits per heavy atom. The van der Waals surface area contributed by atoms with E-state index in [9.17, 15) is 4.79 Å². The highest BCUT2D eigenvalue weighted by Crippen LogP contribution is 2.18. The molecule has 1 N–H and O–H groups in total. The zero-order valence-corrected chi connectivity index (χ0v) is 9.54. The third kappa shape index (κ3) is 3.28. The highest BCUT2D eigenvalue weighted by Gasteiger charge is 2.25. The Labute approximate surface area is 100 Å². The minimum absolute atomic E-state index is 0.0284. The van der Waals surface area contributed by atoms with Gasteiger partial charge in [0, 0.05) is 12.8 Å². The smallest absolute Gasteiger partial charge is 0.338 e. The predicted octanol–water partition coefficient (Wildman–Crippen LogP) is 1.38. The van der Waals surface area contributed by atoms with Crippen molar-refractivity contribution in [1.82, 2.24) is 0 Å². The number of esters is 1. The fourth-order valence-electron chi connectivity index (χ4n) is 1.87. The lowest BCUT2D eigenvalue weighted by Crippen LogP contribution is -2.34. The summed E-state index contributed by atoms with van der Waals surface area (Å²) in [6.45, 7) is 0.497. The van der Waals surface area contributed by atoms with Crippen LogP contribution >= 0.6 is 0 Å². The maximum Gasteiger partial charge on any atom is 0.338 e. The van der Waals surface area contributed by atoms with Crippen LogP contribution in [0.25, 0.3) is 0 Å². The van der Waals surface area contributed by atoms with E-state index in [0.29, 0.717) is 25.0 Å². The average molecular weight is 236 g/mol. The minimum atomic E-state index is -0.311. The van der Waals surface area contributed by atoms with E-state index in [1.165, 1.54) is 0 Å². The fraction of sp³-hybridized carbons (Fsp3) is 0.462. The molecular formula is C13H16O4. The van der Waals surface area contributed by atoms with Crippen molar-refractivity contribution < 1.29 is 19.4 Å². The number of hydrogen-bond donors (Lipinski definition) is 1. The Morgan fingerprint density at radius 1 is 1.41 bits per heavy atom. The normalized spacial score (nSPS) is 24.3. The minimum Gasteiger partial charge on any atom is -0.459 e. The van der Waals surface area contributed by atoms with Gasteiger partial charge in [0.1, 0.15) is 6.10 Å². The Morgan fingerprint density at radius 2 is 2.18 bits per heavy atom. The van der Waals surface area contributed by atoms with Crippen LogP contribution in [0.5, 0.6) is 0 Å². The SMILES string of the molecule is O=C(O[C@H]1CCO[C@@H](CO)C1)c1ccccc1. The molecule has 0 bridgehead atoms. The Hall–Kier alpha value is -1.39. The topological polar surface area (TPSA) is 55.8 Å². The van der Waals surface area contributed by atoms with E-state index in [1.807, 2.05) is 6.07 Å².